The summed E-state index contributed by atoms with van der Waals surface area (Å²) >= 11 is 1.60. The molecule has 1 aromatic heterocycles. The zero-order valence-corrected chi connectivity index (χ0v) is 16.7. The van der Waals surface area contributed by atoms with E-state index in [1.165, 1.54) is 5.56 Å². The first-order chi connectivity index (χ1) is 13.7. The van der Waals surface area contributed by atoms with Crippen molar-refractivity contribution in [1.82, 2.24) is 19.8 Å². The lowest BCUT2D eigenvalue weighted by Crippen LogP contribution is -2.36. The van der Waals surface area contributed by atoms with E-state index >= 15 is 0 Å². The monoisotopic (exact) mass is 392 g/mol. The van der Waals surface area contributed by atoms with Crippen molar-refractivity contribution < 1.29 is 4.79 Å². The van der Waals surface area contributed by atoms with Crippen molar-refractivity contribution in [2.75, 3.05) is 19.3 Å². The number of nitrogens with one attached hydrogen (secondary N) is 1. The molecule has 1 amide bonds. The third kappa shape index (κ3) is 4.29. The second-order valence-corrected chi connectivity index (χ2v) is 7.78. The molecule has 6 heteroatoms. The van der Waals surface area contributed by atoms with Gasteiger partial charge in [0.2, 0.25) is 0 Å². The van der Waals surface area contributed by atoms with Gasteiger partial charge in [-0.1, -0.05) is 42.1 Å². The van der Waals surface area contributed by atoms with Gasteiger partial charge in [0.15, 0.2) is 5.16 Å². The van der Waals surface area contributed by atoms with Gasteiger partial charge in [0.25, 0.3) is 5.91 Å². The van der Waals surface area contributed by atoms with Crippen LogP contribution in [0.3, 0.4) is 0 Å². The third-order valence-corrected chi connectivity index (χ3v) is 5.72. The van der Waals surface area contributed by atoms with Gasteiger partial charge < -0.3 is 5.32 Å². The minimum atomic E-state index is -0.00571. The Morgan fingerprint density at radius 3 is 2.71 bits per heavy atom. The van der Waals surface area contributed by atoms with Crippen LogP contribution in [0.15, 0.2) is 72.1 Å². The molecule has 2 aromatic carbocycles. The van der Waals surface area contributed by atoms with Crippen molar-refractivity contribution in [1.29, 1.82) is 0 Å². The number of amides is 1. The SMILES string of the molecule is CSc1nccn1-c1ccc(C(=O)NC2CCN(Cc3ccccc3)C2)cc1. The van der Waals surface area contributed by atoms with E-state index in [1.54, 1.807) is 18.0 Å². The van der Waals surface area contributed by atoms with E-state index in [0.29, 0.717) is 5.56 Å². The lowest BCUT2D eigenvalue weighted by Gasteiger charge is -2.17. The zero-order valence-electron chi connectivity index (χ0n) is 15.9. The van der Waals surface area contributed by atoms with Gasteiger partial charge in [-0.3, -0.25) is 14.3 Å². The Balaban J connectivity index is 1.34. The molecule has 5 nitrogen and oxygen atoms in total. The molecule has 3 aromatic rings. The van der Waals surface area contributed by atoms with Gasteiger partial charge in [-0.15, -0.1) is 0 Å². The average Bonchev–Trinajstić information content (AvgIpc) is 3.38. The molecular formula is C22H24N4OS. The lowest BCUT2D eigenvalue weighted by molar-refractivity contribution is 0.0937. The summed E-state index contributed by atoms with van der Waals surface area (Å²) < 4.78 is 2.02. The summed E-state index contributed by atoms with van der Waals surface area (Å²) in [5.74, 6) is -0.00571. The van der Waals surface area contributed by atoms with Crippen molar-refractivity contribution in [3.8, 4) is 5.69 Å². The second kappa shape index (κ2) is 8.63. The molecule has 1 N–H and O–H groups in total. The summed E-state index contributed by atoms with van der Waals surface area (Å²) in [4.78, 5) is 19.3. The van der Waals surface area contributed by atoms with E-state index in [2.05, 4.69) is 39.5 Å². The first-order valence-corrected chi connectivity index (χ1v) is 10.7. The molecule has 1 saturated heterocycles. The van der Waals surface area contributed by atoms with E-state index in [-0.39, 0.29) is 11.9 Å². The van der Waals surface area contributed by atoms with Crippen LogP contribution < -0.4 is 5.32 Å². The molecule has 0 aliphatic carbocycles. The molecule has 2 heterocycles. The minimum absolute atomic E-state index is 0.00571. The lowest BCUT2D eigenvalue weighted by atomic mass is 10.1. The Morgan fingerprint density at radius 1 is 1.18 bits per heavy atom. The van der Waals surface area contributed by atoms with Gasteiger partial charge in [-0.05, 0) is 42.5 Å². The number of carbonyl (C=O) groups is 1. The van der Waals surface area contributed by atoms with Crippen LogP contribution in [0.2, 0.25) is 0 Å². The molecule has 4 rings (SSSR count). The van der Waals surface area contributed by atoms with Gasteiger partial charge >= 0.3 is 0 Å². The molecule has 1 aliphatic rings. The highest BCUT2D eigenvalue weighted by Crippen LogP contribution is 2.19. The van der Waals surface area contributed by atoms with Crippen LogP contribution in [0.1, 0.15) is 22.3 Å². The maximum absolute atomic E-state index is 12.6. The largest absolute Gasteiger partial charge is 0.348 e. The maximum Gasteiger partial charge on any atom is 0.251 e. The van der Waals surface area contributed by atoms with Crippen molar-refractivity contribution in [3.63, 3.8) is 0 Å². The molecule has 28 heavy (non-hydrogen) atoms. The third-order valence-electron chi connectivity index (χ3n) is 5.05. The normalized spacial score (nSPS) is 17.0. The predicted octanol–water partition coefficient (Wildman–Crippen LogP) is 3.60. The molecular weight excluding hydrogens is 368 g/mol. The molecule has 1 unspecified atom stereocenters. The van der Waals surface area contributed by atoms with Crippen LogP contribution in [0.5, 0.6) is 0 Å². The fraction of sp³-hybridized carbons (Fsp3) is 0.273. The zero-order chi connectivity index (χ0) is 19.3. The first kappa shape index (κ1) is 18.8. The number of likely N-dealkylation sites (tertiary alicyclic amines) is 1. The van der Waals surface area contributed by atoms with Crippen molar-refractivity contribution >= 4 is 17.7 Å². The summed E-state index contributed by atoms with van der Waals surface area (Å²) in [6, 6.07) is 18.4. The van der Waals surface area contributed by atoms with Crippen LogP contribution >= 0.6 is 11.8 Å². The molecule has 0 saturated carbocycles. The molecule has 1 fully saturated rings. The predicted molar refractivity (Wildman–Crippen MR) is 113 cm³/mol. The molecule has 0 bridgehead atoms. The Kier molecular flexibility index (Phi) is 5.78. The Morgan fingerprint density at radius 2 is 1.96 bits per heavy atom. The van der Waals surface area contributed by atoms with E-state index in [0.717, 1.165) is 36.9 Å². The highest BCUT2D eigenvalue weighted by atomic mass is 32.2. The van der Waals surface area contributed by atoms with Crippen molar-refractivity contribution in [2.45, 2.75) is 24.2 Å². The summed E-state index contributed by atoms with van der Waals surface area (Å²) in [5.41, 5.74) is 3.01. The van der Waals surface area contributed by atoms with Crippen molar-refractivity contribution in [2.24, 2.45) is 0 Å². The Hall–Kier alpha value is -2.57. The average molecular weight is 393 g/mol. The van der Waals surface area contributed by atoms with Crippen molar-refractivity contribution in [3.05, 3.63) is 78.1 Å². The maximum atomic E-state index is 12.6. The number of thioether (sulfide) groups is 1. The second-order valence-electron chi connectivity index (χ2n) is 7.01. The highest BCUT2D eigenvalue weighted by molar-refractivity contribution is 7.98. The quantitative estimate of drug-likeness (QED) is 0.651. The smallest absolute Gasteiger partial charge is 0.251 e. The van der Waals surface area contributed by atoms with Gasteiger partial charge in [-0.2, -0.15) is 0 Å². The van der Waals surface area contributed by atoms with E-state index < -0.39 is 0 Å². The minimum Gasteiger partial charge on any atom is -0.348 e. The molecule has 144 valence electrons. The molecule has 1 aliphatic heterocycles. The van der Waals surface area contributed by atoms with Crippen LogP contribution in [0.25, 0.3) is 5.69 Å². The van der Waals surface area contributed by atoms with Crippen LogP contribution in [-0.4, -0.2) is 45.7 Å². The standard InChI is InChI=1S/C22H24N4OS/c1-28-22-23-12-14-26(22)20-9-7-18(8-10-20)21(27)24-19-11-13-25(16-19)15-17-5-3-2-4-6-17/h2-10,12,14,19H,11,13,15-16H2,1H3,(H,24,27). The molecule has 0 radical (unpaired) electrons. The number of benzene rings is 2. The van der Waals surface area contributed by atoms with Gasteiger partial charge in [0, 0.05) is 49.3 Å². The van der Waals surface area contributed by atoms with Crippen LogP contribution in [0, 0.1) is 0 Å². The Bertz CT molecular complexity index is 923. The summed E-state index contributed by atoms with van der Waals surface area (Å²) in [7, 11) is 0. The van der Waals surface area contributed by atoms with E-state index in [9.17, 15) is 4.79 Å². The highest BCUT2D eigenvalue weighted by Gasteiger charge is 2.24. The number of rotatable bonds is 6. The summed E-state index contributed by atoms with van der Waals surface area (Å²) in [6.45, 7) is 2.84. The first-order valence-electron chi connectivity index (χ1n) is 9.48. The van der Waals surface area contributed by atoms with Crippen LogP contribution in [-0.2, 0) is 6.54 Å². The fourth-order valence-corrected chi connectivity index (χ4v) is 4.14. The number of hydrogen-bond donors (Lipinski definition) is 1. The van der Waals surface area contributed by atoms with E-state index in [4.69, 9.17) is 0 Å². The summed E-state index contributed by atoms with van der Waals surface area (Å²) in [6.07, 6.45) is 6.71. The van der Waals surface area contributed by atoms with Gasteiger partial charge in [-0.25, -0.2) is 4.98 Å². The number of hydrogen-bond acceptors (Lipinski definition) is 4. The summed E-state index contributed by atoms with van der Waals surface area (Å²) in [5, 5.41) is 4.12. The van der Waals surface area contributed by atoms with Gasteiger partial charge in [0.1, 0.15) is 0 Å². The van der Waals surface area contributed by atoms with Gasteiger partial charge in [0.05, 0.1) is 0 Å². The molecule has 1 atom stereocenters. The number of carbonyl (C=O) groups excluding carboxylic acids is 1. The molecule has 0 spiro atoms. The number of aromatic nitrogens is 2. The topological polar surface area (TPSA) is 50.2 Å². The fourth-order valence-electron chi connectivity index (χ4n) is 3.62. The number of imidazole rings is 1. The van der Waals surface area contributed by atoms with Crippen LogP contribution in [0.4, 0.5) is 0 Å². The Labute approximate surface area is 169 Å². The van der Waals surface area contributed by atoms with E-state index in [1.807, 2.05) is 47.4 Å². The number of nitrogens with zero attached hydrogens (tertiary/aromatic N) is 3.